The predicted molar refractivity (Wildman–Crippen MR) is 79.1 cm³/mol. The highest BCUT2D eigenvalue weighted by molar-refractivity contribution is 9.10. The SMILES string of the molecule is COc1cc(C(C)C)cc(C2(N)CCCC2)c1Br. The van der Waals surface area contributed by atoms with Gasteiger partial charge in [0.25, 0.3) is 0 Å². The molecule has 0 aliphatic heterocycles. The number of halogens is 1. The van der Waals surface area contributed by atoms with Crippen LogP contribution in [0.25, 0.3) is 0 Å². The van der Waals surface area contributed by atoms with E-state index in [-0.39, 0.29) is 5.54 Å². The van der Waals surface area contributed by atoms with Gasteiger partial charge >= 0.3 is 0 Å². The van der Waals surface area contributed by atoms with Gasteiger partial charge in [0.1, 0.15) is 5.75 Å². The van der Waals surface area contributed by atoms with Crippen molar-refractivity contribution in [3.8, 4) is 5.75 Å². The molecule has 2 nitrogen and oxygen atoms in total. The van der Waals surface area contributed by atoms with Crippen LogP contribution in [0.4, 0.5) is 0 Å². The van der Waals surface area contributed by atoms with Gasteiger partial charge in [-0.3, -0.25) is 0 Å². The van der Waals surface area contributed by atoms with Crippen molar-refractivity contribution in [2.75, 3.05) is 7.11 Å². The van der Waals surface area contributed by atoms with E-state index < -0.39 is 0 Å². The van der Waals surface area contributed by atoms with Gasteiger partial charge in [0.2, 0.25) is 0 Å². The Morgan fingerprint density at radius 2 is 1.89 bits per heavy atom. The summed E-state index contributed by atoms with van der Waals surface area (Å²) < 4.78 is 6.51. The summed E-state index contributed by atoms with van der Waals surface area (Å²) >= 11 is 3.66. The predicted octanol–water partition coefficient (Wildman–Crippen LogP) is 4.31. The Labute approximate surface area is 118 Å². The monoisotopic (exact) mass is 311 g/mol. The molecule has 1 aliphatic carbocycles. The van der Waals surface area contributed by atoms with E-state index in [1.54, 1.807) is 7.11 Å². The standard InChI is InChI=1S/C15H22BrNO/c1-10(2)11-8-12(14(16)13(9-11)18-3)15(17)6-4-5-7-15/h8-10H,4-7,17H2,1-3H3. The fourth-order valence-electron chi connectivity index (χ4n) is 2.74. The molecule has 1 fully saturated rings. The average Bonchev–Trinajstić information content (AvgIpc) is 2.77. The maximum absolute atomic E-state index is 6.59. The Morgan fingerprint density at radius 1 is 1.28 bits per heavy atom. The molecule has 2 rings (SSSR count). The molecule has 1 aromatic carbocycles. The van der Waals surface area contributed by atoms with Crippen LogP contribution in [0.3, 0.4) is 0 Å². The summed E-state index contributed by atoms with van der Waals surface area (Å²) in [6, 6.07) is 4.36. The van der Waals surface area contributed by atoms with Gasteiger partial charge < -0.3 is 10.5 Å². The molecule has 0 bridgehead atoms. The minimum Gasteiger partial charge on any atom is -0.496 e. The van der Waals surface area contributed by atoms with Crippen LogP contribution >= 0.6 is 15.9 Å². The van der Waals surface area contributed by atoms with Crippen molar-refractivity contribution >= 4 is 15.9 Å². The van der Waals surface area contributed by atoms with Gasteiger partial charge in [-0.2, -0.15) is 0 Å². The van der Waals surface area contributed by atoms with E-state index in [2.05, 4.69) is 41.9 Å². The molecule has 3 heteroatoms. The zero-order valence-corrected chi connectivity index (χ0v) is 13.0. The van der Waals surface area contributed by atoms with Gasteiger partial charge in [-0.25, -0.2) is 0 Å². The second-order valence-electron chi connectivity index (χ2n) is 5.60. The second-order valence-corrected chi connectivity index (χ2v) is 6.40. The number of nitrogens with two attached hydrogens (primary N) is 1. The molecule has 0 saturated heterocycles. The van der Waals surface area contributed by atoms with E-state index in [4.69, 9.17) is 10.5 Å². The van der Waals surface area contributed by atoms with Crippen molar-refractivity contribution in [1.82, 2.24) is 0 Å². The highest BCUT2D eigenvalue weighted by atomic mass is 79.9. The van der Waals surface area contributed by atoms with E-state index in [0.29, 0.717) is 5.92 Å². The number of benzene rings is 1. The first-order chi connectivity index (χ1) is 8.48. The lowest BCUT2D eigenvalue weighted by atomic mass is 9.86. The minimum atomic E-state index is -0.184. The molecule has 18 heavy (non-hydrogen) atoms. The fourth-order valence-corrected chi connectivity index (χ4v) is 3.52. The summed E-state index contributed by atoms with van der Waals surface area (Å²) in [5.74, 6) is 1.38. The first-order valence-corrected chi connectivity index (χ1v) is 7.44. The second kappa shape index (κ2) is 5.22. The van der Waals surface area contributed by atoms with Crippen molar-refractivity contribution < 1.29 is 4.74 Å². The largest absolute Gasteiger partial charge is 0.496 e. The van der Waals surface area contributed by atoms with Crippen molar-refractivity contribution in [2.45, 2.75) is 51.0 Å². The van der Waals surface area contributed by atoms with E-state index >= 15 is 0 Å². The smallest absolute Gasteiger partial charge is 0.133 e. The first kappa shape index (κ1) is 13.9. The van der Waals surface area contributed by atoms with E-state index in [1.807, 2.05) is 0 Å². The molecule has 0 atom stereocenters. The molecule has 1 saturated carbocycles. The normalized spacial score (nSPS) is 18.3. The zero-order valence-electron chi connectivity index (χ0n) is 11.4. The van der Waals surface area contributed by atoms with E-state index in [9.17, 15) is 0 Å². The first-order valence-electron chi connectivity index (χ1n) is 6.65. The molecule has 0 spiro atoms. The van der Waals surface area contributed by atoms with Crippen LogP contribution in [0, 0.1) is 0 Å². The van der Waals surface area contributed by atoms with Gasteiger partial charge in [-0.1, -0.05) is 32.8 Å². The molecular formula is C15H22BrNO. The zero-order chi connectivity index (χ0) is 13.3. The lowest BCUT2D eigenvalue weighted by Crippen LogP contribution is -2.33. The van der Waals surface area contributed by atoms with Crippen LogP contribution < -0.4 is 10.5 Å². The Morgan fingerprint density at radius 3 is 2.39 bits per heavy atom. The number of hydrogen-bond donors (Lipinski definition) is 1. The van der Waals surface area contributed by atoms with Crippen molar-refractivity contribution in [1.29, 1.82) is 0 Å². The third kappa shape index (κ3) is 2.43. The quantitative estimate of drug-likeness (QED) is 0.902. The van der Waals surface area contributed by atoms with Crippen LogP contribution in [0.1, 0.15) is 56.6 Å². The summed E-state index contributed by atoms with van der Waals surface area (Å²) in [5.41, 5.74) is 8.91. The lowest BCUT2D eigenvalue weighted by Gasteiger charge is -2.27. The molecular weight excluding hydrogens is 290 g/mol. The molecule has 0 heterocycles. The molecule has 1 aliphatic rings. The maximum atomic E-state index is 6.59. The summed E-state index contributed by atoms with van der Waals surface area (Å²) in [7, 11) is 1.71. The van der Waals surface area contributed by atoms with Gasteiger partial charge in [0.15, 0.2) is 0 Å². The maximum Gasteiger partial charge on any atom is 0.133 e. The molecule has 100 valence electrons. The Bertz CT molecular complexity index is 436. The van der Waals surface area contributed by atoms with E-state index in [0.717, 1.165) is 23.1 Å². The van der Waals surface area contributed by atoms with Gasteiger partial charge in [0.05, 0.1) is 11.6 Å². The fraction of sp³-hybridized carbons (Fsp3) is 0.600. The summed E-state index contributed by atoms with van der Waals surface area (Å²) in [6.45, 7) is 4.40. The molecule has 0 radical (unpaired) electrons. The molecule has 1 aromatic rings. The Balaban J connectivity index is 2.54. The van der Waals surface area contributed by atoms with Crippen molar-refractivity contribution in [2.24, 2.45) is 5.73 Å². The van der Waals surface area contributed by atoms with Gasteiger partial charge in [-0.05, 0) is 51.9 Å². The Hall–Kier alpha value is -0.540. The number of methoxy groups -OCH3 is 1. The van der Waals surface area contributed by atoms with Crippen molar-refractivity contribution in [3.63, 3.8) is 0 Å². The molecule has 2 N–H and O–H groups in total. The topological polar surface area (TPSA) is 35.2 Å². The average molecular weight is 312 g/mol. The van der Waals surface area contributed by atoms with E-state index in [1.165, 1.54) is 24.0 Å². The van der Waals surface area contributed by atoms with Crippen LogP contribution in [-0.2, 0) is 5.54 Å². The number of rotatable bonds is 3. The molecule has 0 aromatic heterocycles. The number of hydrogen-bond acceptors (Lipinski definition) is 2. The van der Waals surface area contributed by atoms with Crippen LogP contribution in [0.15, 0.2) is 16.6 Å². The highest BCUT2D eigenvalue weighted by Gasteiger charge is 2.34. The molecule has 0 unspecified atom stereocenters. The minimum absolute atomic E-state index is 0.184. The number of ether oxygens (including phenoxy) is 1. The van der Waals surface area contributed by atoms with Gasteiger partial charge in [-0.15, -0.1) is 0 Å². The van der Waals surface area contributed by atoms with Gasteiger partial charge in [0, 0.05) is 5.54 Å². The Kier molecular flexibility index (Phi) is 4.02. The lowest BCUT2D eigenvalue weighted by molar-refractivity contribution is 0.403. The highest BCUT2D eigenvalue weighted by Crippen LogP contribution is 2.44. The molecule has 0 amide bonds. The van der Waals surface area contributed by atoms with Crippen LogP contribution in [-0.4, -0.2) is 7.11 Å². The third-order valence-corrected chi connectivity index (χ3v) is 4.80. The summed E-state index contributed by atoms with van der Waals surface area (Å²) in [5, 5.41) is 0. The van der Waals surface area contributed by atoms with Crippen LogP contribution in [0.5, 0.6) is 5.75 Å². The van der Waals surface area contributed by atoms with Crippen LogP contribution in [0.2, 0.25) is 0 Å². The third-order valence-electron chi connectivity index (χ3n) is 3.98. The summed E-state index contributed by atoms with van der Waals surface area (Å²) in [4.78, 5) is 0. The summed E-state index contributed by atoms with van der Waals surface area (Å²) in [6.07, 6.45) is 4.57. The van der Waals surface area contributed by atoms with Crippen molar-refractivity contribution in [3.05, 3.63) is 27.7 Å².